The molecule has 0 bridgehead atoms. The highest BCUT2D eigenvalue weighted by molar-refractivity contribution is 6.30. The second kappa shape index (κ2) is 12.6. The van der Waals surface area contributed by atoms with Crippen LogP contribution < -0.4 is 15.4 Å². The molecule has 0 fully saturated rings. The van der Waals surface area contributed by atoms with Gasteiger partial charge in [-0.05, 0) is 41.5 Å². The Balaban J connectivity index is 1.55. The molecule has 0 saturated carbocycles. The first-order valence-electron chi connectivity index (χ1n) is 11.1. The molecule has 0 spiro atoms. The summed E-state index contributed by atoms with van der Waals surface area (Å²) in [4.78, 5) is 16.7. The predicted molar refractivity (Wildman–Crippen MR) is 137 cm³/mol. The number of alkyl halides is 4. The summed E-state index contributed by atoms with van der Waals surface area (Å²) >= 11 is 11.7. The summed E-state index contributed by atoms with van der Waals surface area (Å²) in [6, 6.07) is 15.4. The zero-order chi connectivity index (χ0) is 27.8. The van der Waals surface area contributed by atoms with Gasteiger partial charge in [0.15, 0.2) is 0 Å². The molecule has 2 N–H and O–H groups in total. The molecule has 0 saturated heterocycles. The number of aromatic nitrogens is 4. The van der Waals surface area contributed by atoms with Gasteiger partial charge in [0.05, 0.1) is 6.54 Å². The number of nitrogens with zero attached hydrogens (tertiary/aromatic N) is 6. The summed E-state index contributed by atoms with van der Waals surface area (Å²) in [7, 11) is 0. The summed E-state index contributed by atoms with van der Waals surface area (Å²) in [5.74, 6) is -0.467. The molecule has 0 aliphatic heterocycles. The maximum absolute atomic E-state index is 13.3. The van der Waals surface area contributed by atoms with Crippen LogP contribution in [0.5, 0.6) is 5.75 Å². The van der Waals surface area contributed by atoms with E-state index in [0.29, 0.717) is 10.2 Å². The fraction of sp³-hybridized carbons (Fsp3) is 0.167. The van der Waals surface area contributed by atoms with E-state index in [2.05, 4.69) is 45.5 Å². The number of hydrogen-bond donors (Lipinski definition) is 2. The van der Waals surface area contributed by atoms with Crippen molar-refractivity contribution in [3.8, 4) is 5.75 Å². The number of anilines is 3. The third kappa shape index (κ3) is 8.45. The fourth-order valence-corrected chi connectivity index (χ4v) is 3.21. The Labute approximate surface area is 229 Å². The highest BCUT2D eigenvalue weighted by atomic mass is 35.5. The van der Waals surface area contributed by atoms with Crippen LogP contribution in [-0.2, 0) is 13.1 Å². The Kier molecular flexibility index (Phi) is 9.04. The van der Waals surface area contributed by atoms with Crippen molar-refractivity contribution in [1.29, 1.82) is 0 Å². The molecule has 0 amide bonds. The standard InChI is InChI=1S/C24H18Cl2F4N8O/c25-16-7-4-14(5-8-16)13-33-38-23-36-21(32-12-15-6-9-19(26)31-11-15)35-22(37-23)34-17-2-1-3-18(10-17)39-24(29,30)20(27)28/h1-11,20H,12-13H2,(H2,32,34,35,36,37). The van der Waals surface area contributed by atoms with Crippen molar-refractivity contribution in [2.75, 3.05) is 10.6 Å². The van der Waals surface area contributed by atoms with Crippen molar-refractivity contribution in [1.82, 2.24) is 19.9 Å². The molecule has 202 valence electrons. The summed E-state index contributed by atoms with van der Waals surface area (Å²) < 4.78 is 55.8. The van der Waals surface area contributed by atoms with Gasteiger partial charge >= 0.3 is 12.5 Å². The van der Waals surface area contributed by atoms with Crippen molar-refractivity contribution in [2.24, 2.45) is 10.2 Å². The third-order valence-corrected chi connectivity index (χ3v) is 5.26. The largest absolute Gasteiger partial charge is 0.461 e. The van der Waals surface area contributed by atoms with Crippen molar-refractivity contribution in [3.63, 3.8) is 0 Å². The smallest absolute Gasteiger partial charge is 0.428 e. The molecule has 2 aromatic carbocycles. The molecule has 4 rings (SSSR count). The summed E-state index contributed by atoms with van der Waals surface area (Å²) in [5.41, 5.74) is 1.81. The normalized spacial score (nSPS) is 11.7. The maximum Gasteiger partial charge on any atom is 0.461 e. The van der Waals surface area contributed by atoms with Gasteiger partial charge in [0, 0.05) is 29.5 Å². The molecule has 2 aromatic heterocycles. The topological polar surface area (TPSA) is 110 Å². The van der Waals surface area contributed by atoms with Gasteiger partial charge in [-0.2, -0.15) is 37.6 Å². The second-order valence-electron chi connectivity index (χ2n) is 7.77. The lowest BCUT2D eigenvalue weighted by atomic mass is 10.2. The number of halogens is 6. The van der Waals surface area contributed by atoms with E-state index in [0.717, 1.165) is 23.3 Å². The van der Waals surface area contributed by atoms with Crippen LogP contribution in [0.1, 0.15) is 11.1 Å². The van der Waals surface area contributed by atoms with Crippen LogP contribution in [0.3, 0.4) is 0 Å². The molecule has 39 heavy (non-hydrogen) atoms. The van der Waals surface area contributed by atoms with Gasteiger partial charge in [-0.3, -0.25) is 0 Å². The van der Waals surface area contributed by atoms with Crippen LogP contribution in [0, 0.1) is 0 Å². The zero-order valence-corrected chi connectivity index (χ0v) is 21.2. The first-order chi connectivity index (χ1) is 18.7. The van der Waals surface area contributed by atoms with Crippen LogP contribution in [-0.4, -0.2) is 32.5 Å². The zero-order valence-electron chi connectivity index (χ0n) is 19.7. The minimum atomic E-state index is -4.66. The van der Waals surface area contributed by atoms with Crippen molar-refractivity contribution < 1.29 is 22.3 Å². The molecule has 0 aliphatic rings. The third-order valence-electron chi connectivity index (χ3n) is 4.79. The Hall–Kier alpha value is -4.10. The molecule has 0 aliphatic carbocycles. The van der Waals surface area contributed by atoms with Gasteiger partial charge in [-0.1, -0.05) is 47.5 Å². The van der Waals surface area contributed by atoms with Crippen molar-refractivity contribution in [2.45, 2.75) is 25.6 Å². The van der Waals surface area contributed by atoms with Gasteiger partial charge in [0.1, 0.15) is 10.9 Å². The summed E-state index contributed by atoms with van der Waals surface area (Å²) in [6.07, 6.45) is -7.08. The van der Waals surface area contributed by atoms with Gasteiger partial charge < -0.3 is 15.4 Å². The van der Waals surface area contributed by atoms with Gasteiger partial charge in [-0.25, -0.2) is 4.98 Å². The lowest BCUT2D eigenvalue weighted by Crippen LogP contribution is -2.33. The summed E-state index contributed by atoms with van der Waals surface area (Å²) in [6.45, 7) is 0.504. The minimum absolute atomic E-state index is 0.0278. The SMILES string of the molecule is FC(F)C(F)(F)Oc1cccc(Nc2nc(N=NCc3ccc(Cl)cc3)nc(NCc3ccc(Cl)nc3)n2)c1. The van der Waals surface area contributed by atoms with Crippen LogP contribution in [0.4, 0.5) is 41.1 Å². The molecular formula is C24H18Cl2F4N8O. The molecule has 4 aromatic rings. The number of nitrogens with one attached hydrogen (secondary N) is 2. The Morgan fingerprint density at radius 1 is 0.923 bits per heavy atom. The van der Waals surface area contributed by atoms with Crippen LogP contribution in [0.2, 0.25) is 10.2 Å². The Morgan fingerprint density at radius 3 is 2.38 bits per heavy atom. The van der Waals surface area contributed by atoms with E-state index in [1.807, 2.05) is 0 Å². The van der Waals surface area contributed by atoms with E-state index in [-0.39, 0.29) is 36.6 Å². The van der Waals surface area contributed by atoms with Crippen LogP contribution in [0.25, 0.3) is 0 Å². The number of rotatable bonds is 11. The minimum Gasteiger partial charge on any atom is -0.428 e. The lowest BCUT2D eigenvalue weighted by molar-refractivity contribution is -0.253. The van der Waals surface area contributed by atoms with E-state index in [9.17, 15) is 17.6 Å². The highest BCUT2D eigenvalue weighted by Gasteiger charge is 2.44. The second-order valence-corrected chi connectivity index (χ2v) is 8.59. The number of hydrogen-bond acceptors (Lipinski definition) is 9. The van der Waals surface area contributed by atoms with Crippen molar-refractivity contribution >= 4 is 46.7 Å². The number of pyridine rings is 1. The van der Waals surface area contributed by atoms with E-state index in [1.165, 1.54) is 12.1 Å². The molecule has 0 atom stereocenters. The number of ether oxygens (including phenoxy) is 1. The van der Waals surface area contributed by atoms with E-state index < -0.39 is 18.3 Å². The number of benzene rings is 2. The average molecular weight is 581 g/mol. The monoisotopic (exact) mass is 580 g/mol. The van der Waals surface area contributed by atoms with Crippen LogP contribution >= 0.6 is 23.2 Å². The van der Waals surface area contributed by atoms with Crippen molar-refractivity contribution in [3.05, 3.63) is 88.2 Å². The quantitative estimate of drug-likeness (QED) is 0.108. The molecule has 15 heteroatoms. The number of azo groups is 1. The predicted octanol–water partition coefficient (Wildman–Crippen LogP) is 7.45. The van der Waals surface area contributed by atoms with Crippen LogP contribution in [0.15, 0.2) is 77.1 Å². The lowest BCUT2D eigenvalue weighted by Gasteiger charge is -2.17. The first kappa shape index (κ1) is 27.9. The molecule has 9 nitrogen and oxygen atoms in total. The average Bonchev–Trinajstić information content (AvgIpc) is 2.89. The van der Waals surface area contributed by atoms with Gasteiger partial charge in [0.25, 0.3) is 5.95 Å². The van der Waals surface area contributed by atoms with E-state index in [1.54, 1.807) is 42.6 Å². The molecule has 0 radical (unpaired) electrons. The Morgan fingerprint density at radius 2 is 1.67 bits per heavy atom. The van der Waals surface area contributed by atoms with E-state index in [4.69, 9.17) is 23.2 Å². The molecule has 2 heterocycles. The molecular weight excluding hydrogens is 563 g/mol. The Bertz CT molecular complexity index is 1430. The first-order valence-corrected chi connectivity index (χ1v) is 11.9. The summed E-state index contributed by atoms with van der Waals surface area (Å²) in [5, 5.41) is 14.9. The highest BCUT2D eigenvalue weighted by Crippen LogP contribution is 2.29. The van der Waals surface area contributed by atoms with E-state index >= 15 is 0 Å². The molecule has 0 unspecified atom stereocenters. The van der Waals surface area contributed by atoms with Gasteiger partial charge in [-0.15, -0.1) is 5.11 Å². The van der Waals surface area contributed by atoms with Gasteiger partial charge in [0.2, 0.25) is 11.9 Å². The maximum atomic E-state index is 13.3. The fourth-order valence-electron chi connectivity index (χ4n) is 2.97.